The van der Waals surface area contributed by atoms with Gasteiger partial charge in [0.25, 0.3) is 0 Å². The lowest BCUT2D eigenvalue weighted by atomic mass is 10.0. The summed E-state index contributed by atoms with van der Waals surface area (Å²) in [5, 5.41) is 16.7. The van der Waals surface area contributed by atoms with Crippen molar-refractivity contribution in [3.8, 4) is 0 Å². The van der Waals surface area contributed by atoms with Gasteiger partial charge in [-0.2, -0.15) is 0 Å². The molecule has 2 rings (SSSR count). The molecule has 1 aromatic carbocycles. The second-order valence-electron chi connectivity index (χ2n) is 4.48. The van der Waals surface area contributed by atoms with E-state index in [-0.39, 0.29) is 26.3 Å². The first kappa shape index (κ1) is 16.9. The summed E-state index contributed by atoms with van der Waals surface area (Å²) in [6.07, 6.45) is 0. The summed E-state index contributed by atoms with van der Waals surface area (Å²) in [5.41, 5.74) is -1.27. The first-order chi connectivity index (χ1) is 9.61. The third-order valence-electron chi connectivity index (χ3n) is 3.20. The first-order valence-corrected chi connectivity index (χ1v) is 8.98. The van der Waals surface area contributed by atoms with Gasteiger partial charge in [0.2, 0.25) is 10.0 Å². The quantitative estimate of drug-likeness (QED) is 0.822. The van der Waals surface area contributed by atoms with E-state index in [1.807, 2.05) is 0 Å². The van der Waals surface area contributed by atoms with E-state index in [0.717, 1.165) is 0 Å². The fraction of sp³-hybridized carbons (Fsp3) is 0.364. The van der Waals surface area contributed by atoms with E-state index in [9.17, 15) is 13.5 Å². The third-order valence-corrected chi connectivity index (χ3v) is 6.14. The van der Waals surface area contributed by atoms with Crippen molar-refractivity contribution in [2.45, 2.75) is 10.6 Å². The van der Waals surface area contributed by atoms with E-state index < -0.39 is 15.7 Å². The zero-order valence-corrected chi connectivity index (χ0v) is 14.3. The van der Waals surface area contributed by atoms with Crippen LogP contribution in [0, 0.1) is 0 Å². The lowest BCUT2D eigenvalue weighted by Crippen LogP contribution is -2.42. The number of nitrogens with two attached hydrogens (primary N) is 1. The lowest BCUT2D eigenvalue weighted by molar-refractivity contribution is -0.0348. The summed E-state index contributed by atoms with van der Waals surface area (Å²) in [7, 11) is -0.779. The van der Waals surface area contributed by atoms with Crippen LogP contribution < -0.4 is 5.14 Å². The second kappa shape index (κ2) is 5.60. The SMILES string of the molecule is C/N=C1\SCC(O)(c2cc(S(N)(=O)=O)c(Cl)cc2Cl)N1C. The lowest BCUT2D eigenvalue weighted by Gasteiger charge is -2.32. The summed E-state index contributed by atoms with van der Waals surface area (Å²) in [6, 6.07) is 2.46. The van der Waals surface area contributed by atoms with Crippen LogP contribution in [0.3, 0.4) is 0 Å². The van der Waals surface area contributed by atoms with Crippen molar-refractivity contribution in [2.75, 3.05) is 19.8 Å². The summed E-state index contributed by atoms with van der Waals surface area (Å²) in [6.45, 7) is 0. The molecule has 6 nitrogen and oxygen atoms in total. The molecule has 0 spiro atoms. The second-order valence-corrected chi connectivity index (χ2v) is 7.76. The molecule has 1 aliphatic heterocycles. The molecule has 1 aromatic rings. The number of benzene rings is 1. The predicted molar refractivity (Wildman–Crippen MR) is 85.3 cm³/mol. The molecule has 1 saturated heterocycles. The van der Waals surface area contributed by atoms with Crippen LogP contribution in [-0.2, 0) is 15.7 Å². The average molecular weight is 370 g/mol. The predicted octanol–water partition coefficient (Wildman–Crippen LogP) is 1.45. The van der Waals surface area contributed by atoms with Gasteiger partial charge in [0, 0.05) is 19.7 Å². The van der Waals surface area contributed by atoms with Crippen molar-refractivity contribution in [3.05, 3.63) is 27.7 Å². The largest absolute Gasteiger partial charge is 0.366 e. The van der Waals surface area contributed by atoms with Gasteiger partial charge >= 0.3 is 0 Å². The van der Waals surface area contributed by atoms with Gasteiger partial charge in [-0.25, -0.2) is 13.6 Å². The zero-order valence-electron chi connectivity index (χ0n) is 11.2. The number of thioether (sulfide) groups is 1. The molecule has 1 fully saturated rings. The molecule has 3 N–H and O–H groups in total. The van der Waals surface area contributed by atoms with Gasteiger partial charge in [-0.05, 0) is 12.1 Å². The average Bonchev–Trinajstić information content (AvgIpc) is 2.65. The number of hydrogen-bond donors (Lipinski definition) is 2. The van der Waals surface area contributed by atoms with Gasteiger partial charge < -0.3 is 10.0 Å². The van der Waals surface area contributed by atoms with Crippen LogP contribution in [0.25, 0.3) is 0 Å². The van der Waals surface area contributed by atoms with E-state index in [1.165, 1.54) is 28.8 Å². The number of halogens is 2. The Morgan fingerprint density at radius 3 is 2.52 bits per heavy atom. The normalized spacial score (nSPS) is 24.9. The summed E-state index contributed by atoms with van der Waals surface area (Å²) in [4.78, 5) is 5.29. The Kier molecular flexibility index (Phi) is 4.50. The highest BCUT2D eigenvalue weighted by atomic mass is 35.5. The molecular weight excluding hydrogens is 357 g/mol. The van der Waals surface area contributed by atoms with Crippen LogP contribution in [0.2, 0.25) is 10.0 Å². The molecule has 0 saturated carbocycles. The number of aliphatic hydroxyl groups is 1. The molecule has 1 atom stereocenters. The van der Waals surface area contributed by atoms with Gasteiger partial charge in [0.1, 0.15) is 4.90 Å². The third kappa shape index (κ3) is 2.88. The molecule has 1 heterocycles. The molecule has 1 aliphatic rings. The number of nitrogens with zero attached hydrogens (tertiary/aromatic N) is 2. The van der Waals surface area contributed by atoms with E-state index in [2.05, 4.69) is 4.99 Å². The summed E-state index contributed by atoms with van der Waals surface area (Å²) >= 11 is 13.3. The van der Waals surface area contributed by atoms with Crippen molar-refractivity contribution >= 4 is 50.2 Å². The highest BCUT2D eigenvalue weighted by molar-refractivity contribution is 8.14. The highest BCUT2D eigenvalue weighted by Gasteiger charge is 2.44. The van der Waals surface area contributed by atoms with E-state index in [0.29, 0.717) is 5.17 Å². The Morgan fingerprint density at radius 1 is 1.43 bits per heavy atom. The fourth-order valence-corrected chi connectivity index (χ4v) is 4.67. The van der Waals surface area contributed by atoms with E-state index >= 15 is 0 Å². The molecule has 0 aromatic heterocycles. The highest BCUT2D eigenvalue weighted by Crippen LogP contribution is 2.42. The smallest absolute Gasteiger partial charge is 0.239 e. The van der Waals surface area contributed by atoms with Crippen LogP contribution in [0.4, 0.5) is 0 Å². The number of rotatable bonds is 2. The van der Waals surface area contributed by atoms with Gasteiger partial charge in [0.15, 0.2) is 10.9 Å². The van der Waals surface area contributed by atoms with Gasteiger partial charge in [-0.1, -0.05) is 35.0 Å². The van der Waals surface area contributed by atoms with E-state index in [4.69, 9.17) is 28.3 Å². The van der Waals surface area contributed by atoms with Crippen LogP contribution in [0.1, 0.15) is 5.56 Å². The van der Waals surface area contributed by atoms with Gasteiger partial charge in [0.05, 0.1) is 15.8 Å². The van der Waals surface area contributed by atoms with E-state index in [1.54, 1.807) is 14.1 Å². The minimum Gasteiger partial charge on any atom is -0.366 e. The number of primary sulfonamides is 1. The molecule has 0 aliphatic carbocycles. The molecular formula is C11H13Cl2N3O3S2. The Hall–Kier alpha value is -0.510. The molecule has 0 amide bonds. The Morgan fingerprint density at radius 2 is 2.05 bits per heavy atom. The molecule has 0 bridgehead atoms. The number of hydrogen-bond acceptors (Lipinski definition) is 5. The topological polar surface area (TPSA) is 96.0 Å². The zero-order chi connectivity index (χ0) is 16.0. The summed E-state index contributed by atoms with van der Waals surface area (Å²) in [5.74, 6) is 0.252. The van der Waals surface area contributed by atoms with Crippen LogP contribution in [0.5, 0.6) is 0 Å². The first-order valence-electron chi connectivity index (χ1n) is 5.69. The number of sulfonamides is 1. The molecule has 1 unspecified atom stereocenters. The van der Waals surface area contributed by atoms with Crippen LogP contribution >= 0.6 is 35.0 Å². The van der Waals surface area contributed by atoms with Crippen molar-refractivity contribution in [1.82, 2.24) is 4.90 Å². The fourth-order valence-electron chi connectivity index (χ4n) is 2.04. The summed E-state index contributed by atoms with van der Waals surface area (Å²) < 4.78 is 23.1. The molecule has 21 heavy (non-hydrogen) atoms. The maximum atomic E-state index is 11.6. The minimum atomic E-state index is -4.02. The van der Waals surface area contributed by atoms with Crippen molar-refractivity contribution in [2.24, 2.45) is 10.1 Å². The standard InChI is InChI=1S/C11H13Cl2N3O3S2/c1-15-10-16(2)11(17,5-20-10)6-3-9(21(14,18)19)8(13)4-7(6)12/h3-4,17H,5H2,1-2H3,(H2,14,18,19)/b15-10-. The number of amidine groups is 1. The molecule has 116 valence electrons. The van der Waals surface area contributed by atoms with Crippen molar-refractivity contribution in [1.29, 1.82) is 0 Å². The Labute approximate surface area is 137 Å². The van der Waals surface area contributed by atoms with Crippen LogP contribution in [0.15, 0.2) is 22.0 Å². The maximum absolute atomic E-state index is 11.6. The number of aliphatic imine (C=N–C) groups is 1. The van der Waals surface area contributed by atoms with Crippen LogP contribution in [-0.4, -0.2) is 43.4 Å². The Bertz CT molecular complexity index is 724. The maximum Gasteiger partial charge on any atom is 0.239 e. The molecule has 10 heteroatoms. The minimum absolute atomic E-state index is 0.0902. The van der Waals surface area contributed by atoms with Gasteiger partial charge in [-0.15, -0.1) is 0 Å². The molecule has 0 radical (unpaired) electrons. The monoisotopic (exact) mass is 369 g/mol. The van der Waals surface area contributed by atoms with Crippen molar-refractivity contribution < 1.29 is 13.5 Å². The van der Waals surface area contributed by atoms with Crippen molar-refractivity contribution in [3.63, 3.8) is 0 Å². The van der Waals surface area contributed by atoms with Gasteiger partial charge in [-0.3, -0.25) is 4.99 Å². The Balaban J connectivity index is 2.65.